The Bertz CT molecular complexity index is 1220. The monoisotopic (exact) mass is 863 g/mol. The van der Waals surface area contributed by atoms with Crippen LogP contribution in [0.4, 0.5) is 0 Å². The molecule has 0 amide bonds. The number of hydrogen-bond donors (Lipinski definition) is 0. The van der Waals surface area contributed by atoms with Gasteiger partial charge < -0.3 is 14.2 Å². The van der Waals surface area contributed by atoms with Gasteiger partial charge in [0.1, 0.15) is 13.2 Å². The Kier molecular flexibility index (Phi) is 47.5. The Morgan fingerprint density at radius 2 is 0.645 bits per heavy atom. The molecule has 0 heterocycles. The number of carbonyl (C=O) groups is 3. The molecule has 0 N–H and O–H groups in total. The van der Waals surface area contributed by atoms with E-state index in [9.17, 15) is 14.4 Å². The van der Waals surface area contributed by atoms with Crippen molar-refractivity contribution in [3.05, 3.63) is 85.1 Å². The molecule has 0 radical (unpaired) electrons. The Labute approximate surface area is 382 Å². The SMILES string of the molecule is CC/C=C\C/C=C\C/C=C\C/C=C\C/C=C\CCCC(=O)OC[C@@H](COC(=O)CCCCCCCCCCCCCC)OC(=O)CCCCCCC/C=C\C/C=C\CCCCC. The van der Waals surface area contributed by atoms with Crippen molar-refractivity contribution in [3.8, 4) is 0 Å². The van der Waals surface area contributed by atoms with Gasteiger partial charge in [-0.05, 0) is 89.9 Å². The molecule has 0 aliphatic rings. The number of ether oxygens (including phenoxy) is 3. The van der Waals surface area contributed by atoms with Gasteiger partial charge in [-0.2, -0.15) is 0 Å². The molecule has 0 saturated carbocycles. The Morgan fingerprint density at radius 1 is 0.339 bits per heavy atom. The van der Waals surface area contributed by atoms with Gasteiger partial charge >= 0.3 is 17.9 Å². The zero-order valence-corrected chi connectivity index (χ0v) is 40.4. The molecule has 1 atom stereocenters. The Morgan fingerprint density at radius 3 is 1.08 bits per heavy atom. The van der Waals surface area contributed by atoms with Crippen molar-refractivity contribution >= 4 is 17.9 Å². The van der Waals surface area contributed by atoms with Crippen LogP contribution in [0.3, 0.4) is 0 Å². The normalized spacial score (nSPS) is 12.8. The lowest BCUT2D eigenvalue weighted by Crippen LogP contribution is -2.30. The summed E-state index contributed by atoms with van der Waals surface area (Å²) in [7, 11) is 0. The van der Waals surface area contributed by atoms with Crippen LogP contribution in [0, 0.1) is 0 Å². The molecule has 6 heteroatoms. The van der Waals surface area contributed by atoms with Gasteiger partial charge in [-0.1, -0.05) is 209 Å². The predicted octanol–water partition coefficient (Wildman–Crippen LogP) is 16.8. The van der Waals surface area contributed by atoms with Gasteiger partial charge in [-0.3, -0.25) is 14.4 Å². The molecule has 0 bridgehead atoms. The minimum absolute atomic E-state index is 0.0989. The van der Waals surface area contributed by atoms with Crippen LogP contribution >= 0.6 is 0 Å². The average molecular weight is 863 g/mol. The van der Waals surface area contributed by atoms with E-state index in [1.165, 1.54) is 83.5 Å². The second-order valence-electron chi connectivity index (χ2n) is 16.7. The minimum atomic E-state index is -0.804. The zero-order valence-electron chi connectivity index (χ0n) is 40.4. The fraction of sp³-hybridized carbons (Fsp3) is 0.696. The first kappa shape index (κ1) is 58.6. The van der Waals surface area contributed by atoms with Gasteiger partial charge in [0.15, 0.2) is 6.10 Å². The molecule has 0 aromatic heterocycles. The number of rotatable bonds is 45. The van der Waals surface area contributed by atoms with E-state index in [1.807, 2.05) is 0 Å². The summed E-state index contributed by atoms with van der Waals surface area (Å²) in [5.74, 6) is -0.975. The number of hydrogen-bond acceptors (Lipinski definition) is 6. The molecule has 0 fully saturated rings. The molecule has 354 valence electrons. The molecular formula is C56H94O6. The third-order valence-electron chi connectivity index (χ3n) is 10.6. The third-order valence-corrected chi connectivity index (χ3v) is 10.6. The first-order chi connectivity index (χ1) is 30.5. The van der Waals surface area contributed by atoms with Crippen molar-refractivity contribution in [2.24, 2.45) is 0 Å². The number of esters is 3. The smallest absolute Gasteiger partial charge is 0.306 e. The maximum Gasteiger partial charge on any atom is 0.306 e. The van der Waals surface area contributed by atoms with Crippen LogP contribution in [0.5, 0.6) is 0 Å². The molecule has 0 aliphatic carbocycles. The number of carbonyl (C=O) groups excluding carboxylic acids is 3. The van der Waals surface area contributed by atoms with Crippen LogP contribution in [0.2, 0.25) is 0 Å². The fourth-order valence-corrected chi connectivity index (χ4v) is 6.80. The first-order valence-corrected chi connectivity index (χ1v) is 25.6. The molecule has 0 saturated heterocycles. The van der Waals surface area contributed by atoms with Crippen LogP contribution in [-0.4, -0.2) is 37.2 Å². The van der Waals surface area contributed by atoms with Crippen LogP contribution in [-0.2, 0) is 28.6 Å². The molecule has 62 heavy (non-hydrogen) atoms. The molecular weight excluding hydrogens is 769 g/mol. The number of allylic oxidation sites excluding steroid dienone is 14. The largest absolute Gasteiger partial charge is 0.462 e. The summed E-state index contributed by atoms with van der Waals surface area (Å²) >= 11 is 0. The third kappa shape index (κ3) is 47.6. The summed E-state index contributed by atoms with van der Waals surface area (Å²) in [5.41, 5.74) is 0. The van der Waals surface area contributed by atoms with Crippen molar-refractivity contribution in [1.82, 2.24) is 0 Å². The highest BCUT2D eigenvalue weighted by Crippen LogP contribution is 2.14. The molecule has 0 aromatic rings. The van der Waals surface area contributed by atoms with E-state index in [0.29, 0.717) is 19.3 Å². The number of unbranched alkanes of at least 4 members (excludes halogenated alkanes) is 20. The van der Waals surface area contributed by atoms with Crippen LogP contribution < -0.4 is 0 Å². The highest BCUT2D eigenvalue weighted by Gasteiger charge is 2.19. The second-order valence-corrected chi connectivity index (χ2v) is 16.7. The second kappa shape index (κ2) is 50.2. The predicted molar refractivity (Wildman–Crippen MR) is 265 cm³/mol. The lowest BCUT2D eigenvalue weighted by atomic mass is 10.0. The van der Waals surface area contributed by atoms with Crippen LogP contribution in [0.25, 0.3) is 0 Å². The van der Waals surface area contributed by atoms with E-state index in [0.717, 1.165) is 103 Å². The molecule has 0 unspecified atom stereocenters. The summed E-state index contributed by atoms with van der Waals surface area (Å²) < 4.78 is 16.7. The van der Waals surface area contributed by atoms with Gasteiger partial charge in [0, 0.05) is 19.3 Å². The van der Waals surface area contributed by atoms with Crippen molar-refractivity contribution in [3.63, 3.8) is 0 Å². The highest BCUT2D eigenvalue weighted by atomic mass is 16.6. The van der Waals surface area contributed by atoms with E-state index in [2.05, 4.69) is 106 Å². The van der Waals surface area contributed by atoms with E-state index in [1.54, 1.807) is 0 Å². The maximum atomic E-state index is 12.8. The van der Waals surface area contributed by atoms with Crippen molar-refractivity contribution in [2.45, 2.75) is 239 Å². The van der Waals surface area contributed by atoms with E-state index in [-0.39, 0.29) is 37.5 Å². The quantitative estimate of drug-likeness (QED) is 0.0263. The van der Waals surface area contributed by atoms with Crippen molar-refractivity contribution in [1.29, 1.82) is 0 Å². The lowest BCUT2D eigenvalue weighted by molar-refractivity contribution is -0.167. The zero-order chi connectivity index (χ0) is 45.1. The van der Waals surface area contributed by atoms with Crippen molar-refractivity contribution in [2.75, 3.05) is 13.2 Å². The summed E-state index contributed by atoms with van der Waals surface area (Å²) in [6.45, 7) is 6.43. The molecule has 0 rings (SSSR count). The van der Waals surface area contributed by atoms with Gasteiger partial charge in [0.2, 0.25) is 0 Å². The lowest BCUT2D eigenvalue weighted by Gasteiger charge is -2.18. The average Bonchev–Trinajstić information content (AvgIpc) is 3.27. The Balaban J connectivity index is 4.50. The fourth-order valence-electron chi connectivity index (χ4n) is 6.80. The van der Waals surface area contributed by atoms with E-state index in [4.69, 9.17) is 14.2 Å². The summed E-state index contributed by atoms with van der Waals surface area (Å²) in [6, 6.07) is 0. The molecule has 0 spiro atoms. The Hall–Kier alpha value is -3.41. The standard InChI is InChI=1S/C56H94O6/c1-4-7-10-13-16-19-22-25-27-28-30-31-34-37-40-43-46-49-55(58)61-52-53(51-60-54(57)48-45-42-39-36-33-24-21-18-15-12-9-6-3)62-56(59)50-47-44-41-38-35-32-29-26-23-20-17-14-11-8-5-2/h7,10,16-17,19-20,25-27,29-31,37,40,53H,4-6,8-9,11-15,18,21-24,28,32-36,38-39,41-52H2,1-3H3/b10-7-,19-16-,20-17-,27-25-,29-26-,31-30-,40-37-/t53-/m1/s1. The topological polar surface area (TPSA) is 78.9 Å². The van der Waals surface area contributed by atoms with Gasteiger partial charge in [0.05, 0.1) is 0 Å². The molecule has 0 aliphatic heterocycles. The summed E-state index contributed by atoms with van der Waals surface area (Å²) in [4.78, 5) is 37.9. The summed E-state index contributed by atoms with van der Waals surface area (Å²) in [6.07, 6.45) is 64.2. The van der Waals surface area contributed by atoms with E-state index < -0.39 is 6.10 Å². The van der Waals surface area contributed by atoms with Crippen LogP contribution in [0.15, 0.2) is 85.1 Å². The minimum Gasteiger partial charge on any atom is -0.462 e. The molecule has 6 nitrogen and oxygen atoms in total. The van der Waals surface area contributed by atoms with Crippen molar-refractivity contribution < 1.29 is 28.6 Å². The first-order valence-electron chi connectivity index (χ1n) is 25.6. The van der Waals surface area contributed by atoms with Gasteiger partial charge in [-0.15, -0.1) is 0 Å². The van der Waals surface area contributed by atoms with E-state index >= 15 is 0 Å². The van der Waals surface area contributed by atoms with Gasteiger partial charge in [0.25, 0.3) is 0 Å². The highest BCUT2D eigenvalue weighted by molar-refractivity contribution is 5.71. The summed E-state index contributed by atoms with van der Waals surface area (Å²) in [5, 5.41) is 0. The van der Waals surface area contributed by atoms with Crippen LogP contribution in [0.1, 0.15) is 233 Å². The maximum absolute atomic E-state index is 12.8. The van der Waals surface area contributed by atoms with Gasteiger partial charge in [-0.25, -0.2) is 0 Å². The molecule has 0 aromatic carbocycles.